The molecule has 0 saturated carbocycles. The van der Waals surface area contributed by atoms with Crippen molar-refractivity contribution in [3.05, 3.63) is 33.1 Å². The lowest BCUT2D eigenvalue weighted by molar-refractivity contribution is -0.124. The minimum atomic E-state index is -4.57. The van der Waals surface area contributed by atoms with Gasteiger partial charge in [0, 0.05) is 26.4 Å². The molecule has 0 aromatic carbocycles. The highest BCUT2D eigenvalue weighted by molar-refractivity contribution is 7.48. The van der Waals surface area contributed by atoms with Gasteiger partial charge in [-0.2, -0.15) is 0 Å². The molecule has 0 radical (unpaired) electrons. The van der Waals surface area contributed by atoms with Gasteiger partial charge in [-0.15, -0.1) is 0 Å². The largest absolute Gasteiger partial charge is 0.475 e. The fourth-order valence-electron chi connectivity index (χ4n) is 2.69. The van der Waals surface area contributed by atoms with Gasteiger partial charge >= 0.3 is 13.5 Å². The number of carbonyl (C=O) groups excluding carboxylic acids is 2. The maximum absolute atomic E-state index is 13.1. The summed E-state index contributed by atoms with van der Waals surface area (Å²) in [7, 11) is -1.87. The average molecular weight is 480 g/mol. The Hall–Kier alpha value is -2.39. The highest BCUT2D eigenvalue weighted by atomic mass is 31.2. The highest BCUT2D eigenvalue weighted by Gasteiger charge is 2.49. The fraction of sp³-hybridized carbons (Fsp3) is 0.625. The van der Waals surface area contributed by atoms with E-state index in [-0.39, 0.29) is 6.42 Å². The Balaban J connectivity index is 2.23. The van der Waals surface area contributed by atoms with Gasteiger partial charge in [0.2, 0.25) is 11.8 Å². The second kappa shape index (κ2) is 11.5. The van der Waals surface area contributed by atoms with Crippen LogP contribution in [0.15, 0.2) is 21.9 Å². The normalized spacial score (nSPS) is 24.6. The quantitative estimate of drug-likeness (QED) is 0.204. The summed E-state index contributed by atoms with van der Waals surface area (Å²) in [4.78, 5) is 48.2. The number of aromatic amines is 1. The van der Waals surface area contributed by atoms with Gasteiger partial charge in [-0.05, 0) is 0 Å². The van der Waals surface area contributed by atoms with Crippen LogP contribution in [0.2, 0.25) is 0 Å². The number of likely N-dealkylation sites (N-methyl/N-ethyl adjacent to an activating group) is 1. The van der Waals surface area contributed by atoms with Crippen molar-refractivity contribution in [2.24, 2.45) is 0 Å². The molecule has 15 nitrogen and oxygen atoms in total. The molecule has 0 aliphatic carbocycles. The summed E-state index contributed by atoms with van der Waals surface area (Å²) in [5.41, 5.74) is -1.58. The average Bonchev–Trinajstić information content (AvgIpc) is 3.07. The number of phosphoric ester groups is 1. The fourth-order valence-corrected chi connectivity index (χ4v) is 4.03. The monoisotopic (exact) mass is 480 g/mol. The number of hydrogen-bond donors (Lipinski definition) is 5. The third-order valence-electron chi connectivity index (χ3n) is 4.36. The summed E-state index contributed by atoms with van der Waals surface area (Å²) in [5, 5.41) is 24.8. The van der Waals surface area contributed by atoms with Gasteiger partial charge < -0.3 is 25.6 Å². The zero-order valence-corrected chi connectivity index (χ0v) is 18.2. The first-order valence-corrected chi connectivity index (χ1v) is 10.8. The molecule has 1 aliphatic rings. The number of nitrogens with zero attached hydrogens (tertiary/aromatic N) is 1. The van der Waals surface area contributed by atoms with Crippen LogP contribution in [0.25, 0.3) is 0 Å². The van der Waals surface area contributed by atoms with Crippen LogP contribution in [0.5, 0.6) is 0 Å². The van der Waals surface area contributed by atoms with Crippen LogP contribution in [0.1, 0.15) is 12.6 Å². The molecule has 0 spiro atoms. The molecule has 1 aromatic rings. The van der Waals surface area contributed by atoms with Gasteiger partial charge in [0.15, 0.2) is 6.23 Å². The molecule has 1 aliphatic heterocycles. The first-order valence-electron chi connectivity index (χ1n) is 9.38. The van der Waals surface area contributed by atoms with Crippen LogP contribution < -0.4 is 21.9 Å². The smallest absolute Gasteiger partial charge is 0.394 e. The minimum Gasteiger partial charge on any atom is -0.394 e. The molecular formula is C16H25N4O11P. The van der Waals surface area contributed by atoms with E-state index in [4.69, 9.17) is 18.3 Å². The van der Waals surface area contributed by atoms with Crippen LogP contribution >= 0.6 is 7.82 Å². The number of aliphatic hydroxyl groups is 2. The Labute approximate surface area is 181 Å². The van der Waals surface area contributed by atoms with Gasteiger partial charge in [-0.25, -0.2) is 9.36 Å². The Morgan fingerprint density at radius 2 is 1.94 bits per heavy atom. The van der Waals surface area contributed by atoms with Crippen LogP contribution in [-0.2, 0) is 32.5 Å². The number of rotatable bonds is 11. The number of amides is 2. The van der Waals surface area contributed by atoms with Crippen molar-refractivity contribution in [1.82, 2.24) is 20.2 Å². The van der Waals surface area contributed by atoms with E-state index >= 15 is 0 Å². The Bertz CT molecular complexity index is 964. The number of phosphoric acid groups is 1. The molecule has 0 bridgehead atoms. The zero-order valence-electron chi connectivity index (χ0n) is 17.3. The molecule has 5 N–H and O–H groups in total. The minimum absolute atomic E-state index is 0.213. The van der Waals surface area contributed by atoms with E-state index in [9.17, 15) is 34.0 Å². The SMILES string of the molecule is CNC(=O)CCOP(=O)(OCC(=O)NC)O[C@@H]1C(O)[C@H](n2ccc(=O)[nH]c2=O)O[C@@H]1CO. The molecule has 180 valence electrons. The molecule has 1 aromatic heterocycles. The number of nitrogens with one attached hydrogen (secondary N) is 3. The maximum Gasteiger partial charge on any atom is 0.475 e. The molecule has 32 heavy (non-hydrogen) atoms. The Kier molecular flexibility index (Phi) is 9.27. The number of aromatic nitrogens is 2. The molecule has 2 amide bonds. The number of aliphatic hydroxyl groups excluding tert-OH is 2. The molecule has 1 fully saturated rings. The van der Waals surface area contributed by atoms with E-state index in [0.29, 0.717) is 0 Å². The summed E-state index contributed by atoms with van der Waals surface area (Å²) in [6.07, 6.45) is -5.05. The summed E-state index contributed by atoms with van der Waals surface area (Å²) >= 11 is 0. The second-order valence-electron chi connectivity index (χ2n) is 6.48. The summed E-state index contributed by atoms with van der Waals surface area (Å²) < 4.78 is 34.8. The van der Waals surface area contributed by atoms with Crippen LogP contribution in [0.3, 0.4) is 0 Å². The lowest BCUT2D eigenvalue weighted by atomic mass is 10.1. The molecule has 2 unspecified atom stereocenters. The lowest BCUT2D eigenvalue weighted by Gasteiger charge is -2.25. The van der Waals surface area contributed by atoms with Crippen molar-refractivity contribution in [2.45, 2.75) is 31.0 Å². The first kappa shape index (κ1) is 25.9. The van der Waals surface area contributed by atoms with Crippen LogP contribution in [-0.4, -0.2) is 83.8 Å². The topological polar surface area (TPSA) is 208 Å². The predicted octanol–water partition coefficient (Wildman–Crippen LogP) is -2.80. The highest BCUT2D eigenvalue weighted by Crippen LogP contribution is 2.53. The molecule has 2 heterocycles. The van der Waals surface area contributed by atoms with E-state index in [0.717, 1.165) is 16.8 Å². The maximum atomic E-state index is 13.1. The lowest BCUT2D eigenvalue weighted by Crippen LogP contribution is -2.39. The van der Waals surface area contributed by atoms with E-state index in [1.807, 2.05) is 4.98 Å². The van der Waals surface area contributed by atoms with Gasteiger partial charge in [0.05, 0.1) is 19.6 Å². The van der Waals surface area contributed by atoms with Crippen molar-refractivity contribution in [3.63, 3.8) is 0 Å². The molecular weight excluding hydrogens is 455 g/mol. The Morgan fingerprint density at radius 3 is 2.53 bits per heavy atom. The summed E-state index contributed by atoms with van der Waals surface area (Å²) in [6, 6.07) is 1.01. The van der Waals surface area contributed by atoms with E-state index < -0.39 is 75.2 Å². The third-order valence-corrected chi connectivity index (χ3v) is 5.80. The zero-order chi connectivity index (χ0) is 23.9. The predicted molar refractivity (Wildman–Crippen MR) is 105 cm³/mol. The summed E-state index contributed by atoms with van der Waals surface area (Å²) in [5.74, 6) is -1.10. The van der Waals surface area contributed by atoms with E-state index in [1.165, 1.54) is 14.1 Å². The first-order chi connectivity index (χ1) is 15.1. The number of H-pyrrole nitrogens is 1. The number of ether oxygens (including phenoxy) is 1. The molecule has 2 rings (SSSR count). The van der Waals surface area contributed by atoms with Crippen LogP contribution in [0.4, 0.5) is 0 Å². The van der Waals surface area contributed by atoms with Gasteiger partial charge in [-0.1, -0.05) is 0 Å². The number of hydrogen-bond acceptors (Lipinski definition) is 11. The third kappa shape index (κ3) is 6.56. The van der Waals surface area contributed by atoms with Gasteiger partial charge in [0.25, 0.3) is 5.56 Å². The summed E-state index contributed by atoms with van der Waals surface area (Å²) in [6.45, 7) is -1.87. The standard InChI is InChI=1S/C16H25N4O11P/c1-17-10(22)4-6-28-32(27,29-8-12(24)18-2)31-14-9(7-21)30-15(13(14)25)20-5-3-11(23)19-16(20)26/h3,5,9,13-15,21,25H,4,6-8H2,1-2H3,(H,17,22)(H,18,24)(H,19,23,26)/t9-,13?,14+,15-,32?/m1/s1. The van der Waals surface area contributed by atoms with Crippen molar-refractivity contribution in [3.8, 4) is 0 Å². The van der Waals surface area contributed by atoms with Crippen molar-refractivity contribution >= 4 is 19.6 Å². The molecule has 5 atom stereocenters. The Morgan fingerprint density at radius 1 is 1.25 bits per heavy atom. The van der Waals surface area contributed by atoms with Crippen molar-refractivity contribution in [1.29, 1.82) is 0 Å². The second-order valence-corrected chi connectivity index (χ2v) is 8.10. The molecule has 1 saturated heterocycles. The van der Waals surface area contributed by atoms with Crippen LogP contribution in [0, 0.1) is 0 Å². The van der Waals surface area contributed by atoms with Crippen molar-refractivity contribution in [2.75, 3.05) is 33.9 Å². The van der Waals surface area contributed by atoms with E-state index in [1.54, 1.807) is 0 Å². The van der Waals surface area contributed by atoms with Crippen molar-refractivity contribution < 1.29 is 42.7 Å². The van der Waals surface area contributed by atoms with E-state index in [2.05, 4.69) is 10.6 Å². The number of carbonyl (C=O) groups is 2. The van der Waals surface area contributed by atoms with Gasteiger partial charge in [-0.3, -0.25) is 37.5 Å². The van der Waals surface area contributed by atoms with Gasteiger partial charge in [0.1, 0.15) is 24.9 Å². The molecule has 16 heteroatoms.